The summed E-state index contributed by atoms with van der Waals surface area (Å²) in [6.45, 7) is 6.89. The van der Waals surface area contributed by atoms with Crippen molar-refractivity contribution >= 4 is 23.1 Å². The summed E-state index contributed by atoms with van der Waals surface area (Å²) in [6, 6.07) is 4.87. The van der Waals surface area contributed by atoms with Crippen LogP contribution in [0.15, 0.2) is 30.9 Å². The molecule has 0 aliphatic carbocycles. The minimum atomic E-state index is -0.422. The van der Waals surface area contributed by atoms with Crippen molar-refractivity contribution in [1.29, 1.82) is 0 Å². The van der Waals surface area contributed by atoms with Crippen LogP contribution in [0.1, 0.15) is 13.3 Å². The molecule has 0 radical (unpaired) electrons. The first-order valence-corrected chi connectivity index (χ1v) is 7.68. The van der Waals surface area contributed by atoms with Crippen molar-refractivity contribution in [3.8, 4) is 5.75 Å². The quantitative estimate of drug-likeness (QED) is 0.308. The largest absolute Gasteiger partial charge is 0.487 e. The van der Waals surface area contributed by atoms with Crippen molar-refractivity contribution < 1.29 is 9.66 Å². The van der Waals surface area contributed by atoms with E-state index in [1.54, 1.807) is 23.9 Å². The van der Waals surface area contributed by atoms with Crippen molar-refractivity contribution in [2.45, 2.75) is 13.3 Å². The zero-order valence-corrected chi connectivity index (χ0v) is 12.4. The maximum Gasteiger partial charge on any atom is 0.311 e. The second-order valence-corrected chi connectivity index (χ2v) is 5.23. The van der Waals surface area contributed by atoms with Gasteiger partial charge in [-0.05, 0) is 12.5 Å². The first-order chi connectivity index (χ1) is 9.69. The van der Waals surface area contributed by atoms with Crippen LogP contribution in [0.4, 0.5) is 11.4 Å². The number of nitrogens with one attached hydrogen (secondary N) is 1. The second kappa shape index (κ2) is 9.25. The van der Waals surface area contributed by atoms with Gasteiger partial charge >= 0.3 is 5.69 Å². The number of benzene rings is 1. The van der Waals surface area contributed by atoms with E-state index in [0.29, 0.717) is 12.4 Å². The zero-order chi connectivity index (χ0) is 14.8. The third-order valence-corrected chi connectivity index (χ3v) is 3.39. The number of hydrogen-bond acceptors (Lipinski definition) is 5. The molecule has 6 heteroatoms. The summed E-state index contributed by atoms with van der Waals surface area (Å²) < 4.78 is 5.43. The average molecular weight is 296 g/mol. The van der Waals surface area contributed by atoms with Crippen LogP contribution in [-0.4, -0.2) is 29.6 Å². The third kappa shape index (κ3) is 5.52. The predicted octanol–water partition coefficient (Wildman–Crippen LogP) is 3.71. The molecule has 1 aromatic rings. The molecule has 0 aromatic heterocycles. The lowest BCUT2D eigenvalue weighted by atomic mass is 10.2. The van der Waals surface area contributed by atoms with Gasteiger partial charge in [-0.15, -0.1) is 6.58 Å². The Balaban J connectivity index is 2.63. The van der Waals surface area contributed by atoms with E-state index in [-0.39, 0.29) is 5.69 Å². The number of hydrogen-bond donors (Lipinski definition) is 1. The van der Waals surface area contributed by atoms with E-state index in [2.05, 4.69) is 11.9 Å². The lowest BCUT2D eigenvalue weighted by Crippen LogP contribution is -2.05. The summed E-state index contributed by atoms with van der Waals surface area (Å²) in [5, 5.41) is 14.1. The Kier molecular flexibility index (Phi) is 7.57. The van der Waals surface area contributed by atoms with Crippen LogP contribution in [-0.2, 0) is 0 Å². The van der Waals surface area contributed by atoms with E-state index in [9.17, 15) is 10.1 Å². The summed E-state index contributed by atoms with van der Waals surface area (Å²) in [6.07, 6.45) is 2.68. The minimum Gasteiger partial charge on any atom is -0.487 e. The van der Waals surface area contributed by atoms with Crippen LogP contribution in [0.3, 0.4) is 0 Å². The number of nitro benzene ring substituents is 1. The van der Waals surface area contributed by atoms with E-state index < -0.39 is 4.92 Å². The Morgan fingerprint density at radius 3 is 3.00 bits per heavy atom. The van der Waals surface area contributed by atoms with Gasteiger partial charge in [0.15, 0.2) is 5.75 Å². The fraction of sp³-hybridized carbons (Fsp3) is 0.429. The van der Waals surface area contributed by atoms with Gasteiger partial charge in [-0.25, -0.2) is 0 Å². The molecule has 0 saturated carbocycles. The maximum atomic E-state index is 10.9. The normalized spacial score (nSPS) is 10.1. The highest BCUT2D eigenvalue weighted by Crippen LogP contribution is 2.30. The standard InChI is InChI=1S/C14H20N2O3S/c1-3-8-19-14-11-12(5-6-13(14)16(17)18)15-7-10-20-9-4-2/h4-6,11,15H,2-3,7-10H2,1H3. The average Bonchev–Trinajstić information content (AvgIpc) is 2.44. The Bertz CT molecular complexity index is 452. The van der Waals surface area contributed by atoms with Crippen molar-refractivity contribution in [3.63, 3.8) is 0 Å². The van der Waals surface area contributed by atoms with Crippen LogP contribution in [0.2, 0.25) is 0 Å². The Hall–Kier alpha value is -1.69. The smallest absolute Gasteiger partial charge is 0.311 e. The van der Waals surface area contributed by atoms with Crippen LogP contribution >= 0.6 is 11.8 Å². The van der Waals surface area contributed by atoms with E-state index in [1.165, 1.54) is 6.07 Å². The monoisotopic (exact) mass is 296 g/mol. The lowest BCUT2D eigenvalue weighted by molar-refractivity contribution is -0.385. The maximum absolute atomic E-state index is 10.9. The molecule has 0 aliphatic heterocycles. The van der Waals surface area contributed by atoms with E-state index in [1.807, 2.05) is 13.0 Å². The predicted molar refractivity (Wildman–Crippen MR) is 84.9 cm³/mol. The summed E-state index contributed by atoms with van der Waals surface area (Å²) in [5.74, 6) is 2.20. The van der Waals surface area contributed by atoms with Crippen LogP contribution in [0.25, 0.3) is 0 Å². The molecule has 0 unspecified atom stereocenters. The van der Waals surface area contributed by atoms with Crippen LogP contribution in [0, 0.1) is 10.1 Å². The summed E-state index contributed by atoms with van der Waals surface area (Å²) >= 11 is 1.78. The Morgan fingerprint density at radius 1 is 1.55 bits per heavy atom. The molecule has 1 aromatic carbocycles. The van der Waals surface area contributed by atoms with Gasteiger partial charge in [0.25, 0.3) is 0 Å². The van der Waals surface area contributed by atoms with Crippen molar-refractivity contribution in [2.24, 2.45) is 0 Å². The van der Waals surface area contributed by atoms with Crippen molar-refractivity contribution in [3.05, 3.63) is 41.0 Å². The number of anilines is 1. The molecule has 1 N–H and O–H groups in total. The minimum absolute atomic E-state index is 0.00466. The van der Waals surface area contributed by atoms with E-state index in [0.717, 1.165) is 30.2 Å². The number of thioether (sulfide) groups is 1. The lowest BCUT2D eigenvalue weighted by Gasteiger charge is -2.09. The van der Waals surface area contributed by atoms with Gasteiger partial charge < -0.3 is 10.1 Å². The van der Waals surface area contributed by atoms with Gasteiger partial charge in [-0.2, -0.15) is 11.8 Å². The highest BCUT2D eigenvalue weighted by Gasteiger charge is 2.15. The Morgan fingerprint density at radius 2 is 2.35 bits per heavy atom. The molecule has 110 valence electrons. The molecule has 0 heterocycles. The van der Waals surface area contributed by atoms with E-state index >= 15 is 0 Å². The molecular formula is C14H20N2O3S. The molecule has 0 fully saturated rings. The zero-order valence-electron chi connectivity index (χ0n) is 11.6. The topological polar surface area (TPSA) is 64.4 Å². The van der Waals surface area contributed by atoms with Gasteiger partial charge in [0.1, 0.15) is 0 Å². The van der Waals surface area contributed by atoms with Gasteiger partial charge in [-0.3, -0.25) is 10.1 Å². The van der Waals surface area contributed by atoms with Gasteiger partial charge in [0, 0.05) is 35.9 Å². The van der Waals surface area contributed by atoms with Gasteiger partial charge in [0.05, 0.1) is 11.5 Å². The van der Waals surface area contributed by atoms with Gasteiger partial charge in [0.2, 0.25) is 0 Å². The second-order valence-electron chi connectivity index (χ2n) is 4.08. The third-order valence-electron chi connectivity index (χ3n) is 2.43. The van der Waals surface area contributed by atoms with E-state index in [4.69, 9.17) is 4.74 Å². The molecule has 0 amide bonds. The first kappa shape index (κ1) is 16.4. The first-order valence-electron chi connectivity index (χ1n) is 6.52. The highest BCUT2D eigenvalue weighted by atomic mass is 32.2. The summed E-state index contributed by atoms with van der Waals surface area (Å²) in [5.41, 5.74) is 0.839. The van der Waals surface area contributed by atoms with Crippen LogP contribution in [0.5, 0.6) is 5.75 Å². The molecule has 0 aliphatic rings. The molecule has 1 rings (SSSR count). The number of nitrogens with zero attached hydrogens (tertiary/aromatic N) is 1. The number of nitro groups is 1. The van der Waals surface area contributed by atoms with Crippen molar-refractivity contribution in [1.82, 2.24) is 0 Å². The summed E-state index contributed by atoms with van der Waals surface area (Å²) in [7, 11) is 0. The van der Waals surface area contributed by atoms with Gasteiger partial charge in [-0.1, -0.05) is 13.0 Å². The molecule has 0 bridgehead atoms. The molecule has 0 saturated heterocycles. The fourth-order valence-electron chi connectivity index (χ4n) is 1.54. The molecular weight excluding hydrogens is 276 g/mol. The number of rotatable bonds is 10. The SMILES string of the molecule is C=CCSCCNc1ccc([N+](=O)[O-])c(OCCC)c1. The summed E-state index contributed by atoms with van der Waals surface area (Å²) in [4.78, 5) is 10.5. The number of ether oxygens (including phenoxy) is 1. The van der Waals surface area contributed by atoms with Crippen molar-refractivity contribution in [2.75, 3.05) is 30.0 Å². The van der Waals surface area contributed by atoms with Crippen LogP contribution < -0.4 is 10.1 Å². The highest BCUT2D eigenvalue weighted by molar-refractivity contribution is 7.99. The fourth-order valence-corrected chi connectivity index (χ4v) is 2.12. The molecule has 5 nitrogen and oxygen atoms in total. The molecule has 0 atom stereocenters. The molecule has 20 heavy (non-hydrogen) atoms. The molecule has 0 spiro atoms. The Labute approximate surface area is 123 Å².